The lowest BCUT2D eigenvalue weighted by Crippen LogP contribution is -2.34. The van der Waals surface area contributed by atoms with Gasteiger partial charge in [-0.2, -0.15) is 0 Å². The molecule has 2 aromatic heterocycles. The Balaban J connectivity index is 1.61. The highest BCUT2D eigenvalue weighted by Gasteiger charge is 2.20. The fourth-order valence-corrected chi connectivity index (χ4v) is 5.78. The van der Waals surface area contributed by atoms with E-state index >= 15 is 0 Å². The number of H-pyrrole nitrogens is 1. The minimum absolute atomic E-state index is 0.0236. The van der Waals surface area contributed by atoms with Crippen LogP contribution in [-0.2, 0) is 10.0 Å². The number of hydrogen-bond acceptors (Lipinski definition) is 7. The van der Waals surface area contributed by atoms with E-state index < -0.39 is 27.3 Å². The third-order valence-electron chi connectivity index (χ3n) is 4.67. The van der Waals surface area contributed by atoms with Gasteiger partial charge in [0.25, 0.3) is 15.6 Å². The number of benzene rings is 2. The van der Waals surface area contributed by atoms with Gasteiger partial charge < -0.3 is 15.6 Å². The summed E-state index contributed by atoms with van der Waals surface area (Å²) in [5, 5.41) is 5.52. The number of nitrogens with zero attached hydrogens (tertiary/aromatic N) is 1. The molecular formula is C20H15Cl2N5O5S2. The molecule has 34 heavy (non-hydrogen) atoms. The van der Waals surface area contributed by atoms with Gasteiger partial charge in [0.1, 0.15) is 4.21 Å². The van der Waals surface area contributed by atoms with E-state index in [1.54, 1.807) is 25.2 Å². The quantitative estimate of drug-likeness (QED) is 0.305. The summed E-state index contributed by atoms with van der Waals surface area (Å²) >= 11 is 12.8. The molecule has 2 heterocycles. The molecule has 0 aliphatic carbocycles. The van der Waals surface area contributed by atoms with Crippen molar-refractivity contribution in [2.45, 2.75) is 4.21 Å². The summed E-state index contributed by atoms with van der Waals surface area (Å²) in [7, 11) is -2.40. The molecule has 4 rings (SSSR count). The summed E-state index contributed by atoms with van der Waals surface area (Å²) in [5.41, 5.74) is 0.0109. The number of carbonyl (C=O) groups excluding carboxylic acids is 1. The van der Waals surface area contributed by atoms with Crippen molar-refractivity contribution in [1.29, 1.82) is 0 Å². The van der Waals surface area contributed by atoms with Gasteiger partial charge in [-0.05, 0) is 48.5 Å². The van der Waals surface area contributed by atoms with E-state index in [-0.39, 0.29) is 30.3 Å². The number of urea groups is 1. The summed E-state index contributed by atoms with van der Waals surface area (Å²) in [5.74, 6) is 0. The van der Waals surface area contributed by atoms with Crippen molar-refractivity contribution in [2.24, 2.45) is 0 Å². The maximum Gasteiger partial charge on any atom is 0.333 e. The molecule has 0 radical (unpaired) electrons. The Bertz CT molecular complexity index is 1660. The van der Waals surface area contributed by atoms with Crippen LogP contribution >= 0.6 is 34.5 Å². The zero-order chi connectivity index (χ0) is 24.6. The first-order chi connectivity index (χ1) is 16.1. The highest BCUT2D eigenvalue weighted by atomic mass is 35.5. The number of amides is 2. The molecule has 2 aromatic carbocycles. The standard InChI is InChI=1S/C20H15Cl2N5O5S2/c1-23-10-2-4-12-14(9-10)25-20(30)27(18(12)28)15-5-3-11(8-13(15)21)24-19(29)26-34(31,32)17-7-6-16(22)33-17/h2-9,23H,1H3,(H,25,30)(H2,24,26,29). The fraction of sp³-hybridized carbons (Fsp3) is 0.0500. The molecule has 176 valence electrons. The largest absolute Gasteiger partial charge is 0.388 e. The number of sulfonamides is 1. The number of fused-ring (bicyclic) bond motifs is 1. The minimum Gasteiger partial charge on any atom is -0.388 e. The zero-order valence-corrected chi connectivity index (χ0v) is 20.3. The van der Waals surface area contributed by atoms with Crippen LogP contribution in [0.4, 0.5) is 16.2 Å². The van der Waals surface area contributed by atoms with Crippen molar-refractivity contribution >= 4 is 72.9 Å². The summed E-state index contributed by atoms with van der Waals surface area (Å²) in [6.45, 7) is 0. The van der Waals surface area contributed by atoms with Crippen LogP contribution in [0.5, 0.6) is 0 Å². The van der Waals surface area contributed by atoms with Crippen molar-refractivity contribution < 1.29 is 13.2 Å². The fourth-order valence-electron chi connectivity index (χ4n) is 3.13. The summed E-state index contributed by atoms with van der Waals surface area (Å²) in [4.78, 5) is 40.4. The van der Waals surface area contributed by atoms with E-state index in [2.05, 4.69) is 15.6 Å². The van der Waals surface area contributed by atoms with Crippen LogP contribution in [0.2, 0.25) is 9.36 Å². The molecule has 0 atom stereocenters. The second-order valence-electron chi connectivity index (χ2n) is 6.87. The molecule has 0 fully saturated rings. The van der Waals surface area contributed by atoms with Gasteiger partial charge in [0.05, 0.1) is 25.9 Å². The monoisotopic (exact) mass is 539 g/mol. The SMILES string of the molecule is CNc1ccc2c(=O)n(-c3ccc(NC(=O)NS(=O)(=O)c4ccc(Cl)s4)cc3Cl)c(=O)[nH]c2c1. The Morgan fingerprint density at radius 1 is 1.03 bits per heavy atom. The predicted molar refractivity (Wildman–Crippen MR) is 133 cm³/mol. The Hall–Kier alpha value is -3.32. The molecule has 10 nitrogen and oxygen atoms in total. The van der Waals surface area contributed by atoms with Gasteiger partial charge in [-0.1, -0.05) is 23.2 Å². The summed E-state index contributed by atoms with van der Waals surface area (Å²) < 4.78 is 27.4. The molecule has 0 bridgehead atoms. The second-order valence-corrected chi connectivity index (χ2v) is 10.9. The first kappa shape index (κ1) is 23.8. The Kier molecular flexibility index (Phi) is 6.41. The summed E-state index contributed by atoms with van der Waals surface area (Å²) in [6, 6.07) is 10.5. The topological polar surface area (TPSA) is 142 Å². The average Bonchev–Trinajstić information content (AvgIpc) is 3.21. The molecule has 0 saturated heterocycles. The Morgan fingerprint density at radius 3 is 2.41 bits per heavy atom. The average molecular weight is 540 g/mol. The van der Waals surface area contributed by atoms with E-state index in [1.165, 1.54) is 30.3 Å². The summed E-state index contributed by atoms with van der Waals surface area (Å²) in [6.07, 6.45) is 0. The molecule has 0 aliphatic heterocycles. The first-order valence-corrected chi connectivity index (χ1v) is 12.5. The first-order valence-electron chi connectivity index (χ1n) is 9.45. The smallest absolute Gasteiger partial charge is 0.333 e. The number of anilines is 2. The number of carbonyl (C=O) groups is 1. The lowest BCUT2D eigenvalue weighted by molar-refractivity contribution is 0.256. The minimum atomic E-state index is -4.11. The molecule has 4 aromatic rings. The molecule has 0 aliphatic rings. The molecule has 0 unspecified atom stereocenters. The molecule has 0 saturated carbocycles. The number of halogens is 2. The van der Waals surface area contributed by atoms with E-state index in [0.29, 0.717) is 5.52 Å². The number of aromatic nitrogens is 2. The predicted octanol–water partition coefficient (Wildman–Crippen LogP) is 3.60. The van der Waals surface area contributed by atoms with Crippen LogP contribution in [-0.4, -0.2) is 31.0 Å². The van der Waals surface area contributed by atoms with Crippen LogP contribution in [0, 0.1) is 0 Å². The maximum atomic E-state index is 13.0. The van der Waals surface area contributed by atoms with Gasteiger partial charge >= 0.3 is 11.7 Å². The third kappa shape index (κ3) is 4.66. The zero-order valence-electron chi connectivity index (χ0n) is 17.2. The van der Waals surface area contributed by atoms with Crippen molar-refractivity contribution in [3.05, 3.63) is 78.7 Å². The van der Waals surface area contributed by atoms with Gasteiger partial charge in [-0.3, -0.25) is 4.79 Å². The molecule has 0 spiro atoms. The normalized spacial score (nSPS) is 11.4. The van der Waals surface area contributed by atoms with E-state index in [4.69, 9.17) is 23.2 Å². The molecule has 2 amide bonds. The lowest BCUT2D eigenvalue weighted by Gasteiger charge is -2.12. The third-order valence-corrected chi connectivity index (χ3v) is 8.03. The Morgan fingerprint density at radius 2 is 1.76 bits per heavy atom. The lowest BCUT2D eigenvalue weighted by atomic mass is 10.2. The van der Waals surface area contributed by atoms with Crippen LogP contribution in [0.3, 0.4) is 0 Å². The maximum absolute atomic E-state index is 13.0. The van der Waals surface area contributed by atoms with Gasteiger partial charge in [-0.15, -0.1) is 11.3 Å². The van der Waals surface area contributed by atoms with Crippen molar-refractivity contribution in [3.8, 4) is 5.69 Å². The van der Waals surface area contributed by atoms with Gasteiger partial charge in [0, 0.05) is 18.4 Å². The van der Waals surface area contributed by atoms with Crippen LogP contribution in [0.1, 0.15) is 0 Å². The van der Waals surface area contributed by atoms with Crippen LogP contribution in [0.15, 0.2) is 62.3 Å². The van der Waals surface area contributed by atoms with Crippen molar-refractivity contribution in [2.75, 3.05) is 17.7 Å². The van der Waals surface area contributed by atoms with Crippen LogP contribution in [0.25, 0.3) is 16.6 Å². The van der Waals surface area contributed by atoms with E-state index in [9.17, 15) is 22.8 Å². The Labute approximate surface area is 206 Å². The molecular weight excluding hydrogens is 525 g/mol. The molecule has 4 N–H and O–H groups in total. The van der Waals surface area contributed by atoms with Crippen LogP contribution < -0.4 is 26.6 Å². The number of thiophene rings is 1. The highest BCUT2D eigenvalue weighted by molar-refractivity contribution is 7.92. The van der Waals surface area contributed by atoms with Gasteiger partial charge in [0.2, 0.25) is 0 Å². The van der Waals surface area contributed by atoms with Crippen molar-refractivity contribution in [3.63, 3.8) is 0 Å². The number of hydrogen-bond donors (Lipinski definition) is 4. The number of aromatic amines is 1. The van der Waals surface area contributed by atoms with Gasteiger partial charge in [0.15, 0.2) is 0 Å². The van der Waals surface area contributed by atoms with Crippen molar-refractivity contribution in [1.82, 2.24) is 14.3 Å². The van der Waals surface area contributed by atoms with Gasteiger partial charge in [-0.25, -0.2) is 27.3 Å². The highest BCUT2D eigenvalue weighted by Crippen LogP contribution is 2.26. The molecule has 14 heteroatoms. The number of nitrogens with one attached hydrogen (secondary N) is 4. The second kappa shape index (κ2) is 9.14. The van der Waals surface area contributed by atoms with E-state index in [0.717, 1.165) is 21.6 Å². The van der Waals surface area contributed by atoms with E-state index in [1.807, 2.05) is 4.72 Å². The number of rotatable bonds is 5.